The van der Waals surface area contributed by atoms with Gasteiger partial charge in [-0.05, 0) is 24.5 Å². The summed E-state index contributed by atoms with van der Waals surface area (Å²) in [5, 5.41) is 1.65. The molecule has 0 N–H and O–H groups in total. The fourth-order valence-electron chi connectivity index (χ4n) is 2.70. The molecule has 0 aromatic carbocycles. The van der Waals surface area contributed by atoms with Gasteiger partial charge in [-0.3, -0.25) is 0 Å². The molecule has 3 heteroatoms. The molecule has 0 aliphatic carbocycles. The molecule has 0 unspecified atom stereocenters. The number of hydrogen-bond acceptors (Lipinski definition) is 0. The second-order valence-electron chi connectivity index (χ2n) is 8.91. The van der Waals surface area contributed by atoms with Crippen LogP contribution in [0.4, 0.5) is 0 Å². The van der Waals surface area contributed by atoms with E-state index < -0.39 is 24.2 Å². The van der Waals surface area contributed by atoms with Gasteiger partial charge in [0.25, 0.3) is 0 Å². The molecule has 0 amide bonds. The lowest BCUT2D eigenvalue weighted by Crippen LogP contribution is -2.40. The first-order chi connectivity index (χ1) is 8.80. The standard InChI is InChI=1S/C17H36Si3/c1-11-12-13-14-16(18(2,3)4)15-17(19(5,6)7)20(8,9)10/h11H,1,12-14H2,2-10H3. The molecule has 0 atom stereocenters. The van der Waals surface area contributed by atoms with Crippen LogP contribution in [0.25, 0.3) is 0 Å². The van der Waals surface area contributed by atoms with Gasteiger partial charge in [0.1, 0.15) is 0 Å². The normalized spacial score (nSPS) is 12.8. The molecule has 0 nitrogen and oxygen atoms in total. The van der Waals surface area contributed by atoms with Crippen molar-refractivity contribution >= 4 is 24.2 Å². The lowest BCUT2D eigenvalue weighted by molar-refractivity contribution is 0.855. The predicted octanol–water partition coefficient (Wildman–Crippen LogP) is 6.43. The number of rotatable bonds is 7. The molecule has 0 bridgehead atoms. The van der Waals surface area contributed by atoms with Crippen LogP contribution in [0.2, 0.25) is 58.9 Å². The van der Waals surface area contributed by atoms with E-state index in [0.29, 0.717) is 0 Å². The first kappa shape index (κ1) is 19.9. The molecule has 20 heavy (non-hydrogen) atoms. The topological polar surface area (TPSA) is 0 Å². The Kier molecular flexibility index (Phi) is 7.23. The third kappa shape index (κ3) is 7.07. The maximum absolute atomic E-state index is 4.02. The van der Waals surface area contributed by atoms with Gasteiger partial charge >= 0.3 is 0 Å². The minimum absolute atomic E-state index is 1.13. The molecule has 0 rings (SSSR count). The summed E-state index contributed by atoms with van der Waals surface area (Å²) in [6.45, 7) is 26.2. The molecule has 116 valence electrons. The highest BCUT2D eigenvalue weighted by molar-refractivity contribution is 7.04. The smallest absolute Gasteiger partial charge is 0.0822 e. The van der Waals surface area contributed by atoms with Crippen molar-refractivity contribution in [1.82, 2.24) is 0 Å². The van der Waals surface area contributed by atoms with Crippen molar-refractivity contribution in [3.05, 3.63) is 28.4 Å². The molecule has 0 heterocycles. The molecule has 0 aliphatic heterocycles. The van der Waals surface area contributed by atoms with Crippen LogP contribution in [0, 0.1) is 0 Å². The minimum atomic E-state index is -1.26. The molecular formula is C17H36Si3. The van der Waals surface area contributed by atoms with Gasteiger partial charge < -0.3 is 0 Å². The third-order valence-electron chi connectivity index (χ3n) is 3.52. The lowest BCUT2D eigenvalue weighted by Gasteiger charge is -2.30. The Labute approximate surface area is 131 Å². The molecular weight excluding hydrogens is 288 g/mol. The van der Waals surface area contributed by atoms with Crippen molar-refractivity contribution in [2.45, 2.75) is 78.2 Å². The molecule has 0 saturated heterocycles. The molecule has 0 saturated carbocycles. The van der Waals surface area contributed by atoms with Crippen LogP contribution in [-0.2, 0) is 0 Å². The quantitative estimate of drug-likeness (QED) is 0.219. The van der Waals surface area contributed by atoms with E-state index in [1.54, 1.807) is 10.0 Å². The van der Waals surface area contributed by atoms with Crippen molar-refractivity contribution in [2.75, 3.05) is 0 Å². The molecule has 0 aliphatic rings. The van der Waals surface area contributed by atoms with Gasteiger partial charge in [0, 0.05) is 0 Å². The summed E-state index contributed by atoms with van der Waals surface area (Å²) in [7, 11) is -3.79. The largest absolute Gasteiger partial charge is 0.136 e. The fraction of sp³-hybridized carbons (Fsp3) is 0.706. The monoisotopic (exact) mass is 324 g/mol. The zero-order valence-corrected chi connectivity index (χ0v) is 18.4. The Morgan fingerprint density at radius 2 is 1.30 bits per heavy atom. The van der Waals surface area contributed by atoms with E-state index in [9.17, 15) is 0 Å². The summed E-state index contributed by atoms with van der Waals surface area (Å²) < 4.78 is 0. The third-order valence-corrected chi connectivity index (χ3v) is 13.5. The van der Waals surface area contributed by atoms with E-state index in [1.807, 2.05) is 6.08 Å². The number of unbranched alkanes of at least 4 members (excludes halogenated alkanes) is 1. The van der Waals surface area contributed by atoms with Crippen molar-refractivity contribution < 1.29 is 0 Å². The van der Waals surface area contributed by atoms with Crippen LogP contribution in [0.15, 0.2) is 28.4 Å². The van der Waals surface area contributed by atoms with E-state index in [0.717, 1.165) is 6.42 Å². The lowest BCUT2D eigenvalue weighted by atomic mass is 10.2. The molecule has 0 radical (unpaired) electrons. The Hall–Kier alpha value is -0.0894. The van der Waals surface area contributed by atoms with Crippen molar-refractivity contribution in [3.8, 4) is 0 Å². The minimum Gasteiger partial charge on any atom is -0.136 e. The average Bonchev–Trinajstić information content (AvgIpc) is 2.17. The van der Waals surface area contributed by atoms with Gasteiger partial charge in [0.2, 0.25) is 0 Å². The zero-order valence-electron chi connectivity index (χ0n) is 15.4. The first-order valence-electron chi connectivity index (χ1n) is 7.92. The molecule has 0 aromatic heterocycles. The molecule has 0 fully saturated rings. The van der Waals surface area contributed by atoms with Crippen molar-refractivity contribution in [2.24, 2.45) is 0 Å². The zero-order chi connectivity index (χ0) is 16.2. The van der Waals surface area contributed by atoms with Gasteiger partial charge in [-0.25, -0.2) is 0 Å². The Balaban J connectivity index is 5.89. The average molecular weight is 325 g/mol. The fourth-order valence-corrected chi connectivity index (χ4v) is 14.4. The Bertz CT molecular complexity index is 375. The maximum atomic E-state index is 4.02. The summed E-state index contributed by atoms with van der Waals surface area (Å²) in [5.74, 6) is 0. The molecule has 0 spiro atoms. The summed E-state index contributed by atoms with van der Waals surface area (Å²) in [5.41, 5.74) is 4.02. The van der Waals surface area contributed by atoms with Crippen LogP contribution in [0.3, 0.4) is 0 Å². The summed E-state index contributed by atoms with van der Waals surface area (Å²) in [4.78, 5) is 1.74. The van der Waals surface area contributed by atoms with Crippen LogP contribution in [0.1, 0.15) is 19.3 Å². The van der Waals surface area contributed by atoms with Crippen LogP contribution in [0.5, 0.6) is 0 Å². The Morgan fingerprint density at radius 3 is 1.60 bits per heavy atom. The van der Waals surface area contributed by atoms with Gasteiger partial charge in [-0.1, -0.05) is 69.8 Å². The van der Waals surface area contributed by atoms with Gasteiger partial charge in [0.05, 0.1) is 24.2 Å². The SMILES string of the molecule is C=CCCCC(=C=C([Si](C)(C)C)[Si](C)(C)C)[Si](C)(C)C. The second kappa shape index (κ2) is 7.26. The van der Waals surface area contributed by atoms with Crippen molar-refractivity contribution in [3.63, 3.8) is 0 Å². The van der Waals surface area contributed by atoms with Crippen molar-refractivity contribution in [1.29, 1.82) is 0 Å². The van der Waals surface area contributed by atoms with E-state index in [-0.39, 0.29) is 0 Å². The van der Waals surface area contributed by atoms with Gasteiger partial charge in [0.15, 0.2) is 0 Å². The molecule has 0 aromatic rings. The first-order valence-corrected chi connectivity index (χ1v) is 18.4. The summed E-state index contributed by atoms with van der Waals surface area (Å²) >= 11 is 0. The highest BCUT2D eigenvalue weighted by atomic mass is 28.4. The number of hydrogen-bond donors (Lipinski definition) is 0. The highest BCUT2D eigenvalue weighted by Gasteiger charge is 2.32. The van der Waals surface area contributed by atoms with E-state index in [2.05, 4.69) is 71.2 Å². The van der Waals surface area contributed by atoms with E-state index in [1.165, 1.54) is 12.8 Å². The van der Waals surface area contributed by atoms with Crippen LogP contribution in [-0.4, -0.2) is 24.2 Å². The Morgan fingerprint density at radius 1 is 0.850 bits per heavy atom. The van der Waals surface area contributed by atoms with Crippen LogP contribution < -0.4 is 0 Å². The maximum Gasteiger partial charge on any atom is 0.0822 e. The van der Waals surface area contributed by atoms with E-state index >= 15 is 0 Å². The van der Waals surface area contributed by atoms with E-state index in [4.69, 9.17) is 0 Å². The highest BCUT2D eigenvalue weighted by Crippen LogP contribution is 2.27. The van der Waals surface area contributed by atoms with Crippen LogP contribution >= 0.6 is 0 Å². The van der Waals surface area contributed by atoms with Gasteiger partial charge in [-0.15, -0.1) is 12.3 Å². The summed E-state index contributed by atoms with van der Waals surface area (Å²) in [6, 6.07) is 0. The predicted molar refractivity (Wildman–Crippen MR) is 105 cm³/mol. The van der Waals surface area contributed by atoms with Gasteiger partial charge in [-0.2, -0.15) is 0 Å². The summed E-state index contributed by atoms with van der Waals surface area (Å²) in [6.07, 6.45) is 5.63. The second-order valence-corrected chi connectivity index (χ2v) is 24.5. The number of allylic oxidation sites excluding steroid dienone is 2.